The molecule has 0 spiro atoms. The van der Waals surface area contributed by atoms with Crippen LogP contribution in [0.4, 0.5) is 0 Å². The molecular weight excluding hydrogens is 226 g/mol. The Bertz CT molecular complexity index is 418. The van der Waals surface area contributed by atoms with Gasteiger partial charge in [-0.05, 0) is 24.1 Å². The molecule has 0 bridgehead atoms. The van der Waals surface area contributed by atoms with Crippen LogP contribution in [0.1, 0.15) is 5.56 Å². The summed E-state index contributed by atoms with van der Waals surface area (Å²) in [6, 6.07) is 7.93. The van der Waals surface area contributed by atoms with Gasteiger partial charge in [0.25, 0.3) is 0 Å². The molecule has 0 saturated heterocycles. The minimum absolute atomic E-state index is 0.305. The lowest BCUT2D eigenvalue weighted by Gasteiger charge is -2.08. The zero-order valence-corrected chi connectivity index (χ0v) is 10.9. The van der Waals surface area contributed by atoms with Crippen molar-refractivity contribution in [2.45, 2.75) is 6.42 Å². The van der Waals surface area contributed by atoms with E-state index in [4.69, 9.17) is 11.2 Å². The van der Waals surface area contributed by atoms with E-state index in [-0.39, 0.29) is 0 Å². The molecule has 0 aliphatic rings. The quantitative estimate of drug-likeness (QED) is 0.463. The van der Waals surface area contributed by atoms with Crippen molar-refractivity contribution >= 4 is 5.96 Å². The molecule has 96 valence electrons. The van der Waals surface area contributed by atoms with E-state index in [2.05, 4.69) is 21.5 Å². The third-order valence-electron chi connectivity index (χ3n) is 2.41. The first kappa shape index (κ1) is 13.9. The Hall–Kier alpha value is -2.15. The summed E-state index contributed by atoms with van der Waals surface area (Å²) >= 11 is 0. The molecule has 0 heterocycles. The van der Waals surface area contributed by atoms with Gasteiger partial charge in [0.05, 0.1) is 0 Å². The van der Waals surface area contributed by atoms with Gasteiger partial charge in [0.1, 0.15) is 12.4 Å². The van der Waals surface area contributed by atoms with E-state index < -0.39 is 0 Å². The molecule has 0 atom stereocenters. The number of ether oxygens (including phenoxy) is 1. The lowest BCUT2D eigenvalue weighted by atomic mass is 10.1. The zero-order valence-electron chi connectivity index (χ0n) is 10.9. The van der Waals surface area contributed by atoms with Crippen LogP contribution in [0.2, 0.25) is 0 Å². The molecule has 1 aromatic rings. The zero-order chi connectivity index (χ0) is 13.2. The van der Waals surface area contributed by atoms with Gasteiger partial charge in [-0.25, -0.2) is 0 Å². The summed E-state index contributed by atoms with van der Waals surface area (Å²) in [4.78, 5) is 4.04. The Morgan fingerprint density at radius 2 is 2.11 bits per heavy atom. The minimum Gasteiger partial charge on any atom is -0.481 e. The summed E-state index contributed by atoms with van der Waals surface area (Å²) in [6.07, 6.45) is 6.05. The van der Waals surface area contributed by atoms with Gasteiger partial charge in [0.2, 0.25) is 0 Å². The molecule has 0 aliphatic heterocycles. The molecule has 0 saturated carbocycles. The molecule has 1 rings (SSSR count). The Balaban J connectivity index is 2.37. The normalized spacial score (nSPS) is 10.6. The fraction of sp³-hybridized carbons (Fsp3) is 0.357. The van der Waals surface area contributed by atoms with Crippen molar-refractivity contribution in [3.63, 3.8) is 0 Å². The molecule has 2 N–H and O–H groups in total. The van der Waals surface area contributed by atoms with Crippen molar-refractivity contribution in [2.24, 2.45) is 4.99 Å². The summed E-state index contributed by atoms with van der Waals surface area (Å²) in [5.74, 6) is 4.03. The maximum Gasteiger partial charge on any atom is 0.190 e. The van der Waals surface area contributed by atoms with Crippen LogP contribution in [0.25, 0.3) is 0 Å². The second-order valence-corrected chi connectivity index (χ2v) is 3.64. The van der Waals surface area contributed by atoms with Crippen LogP contribution in [0.15, 0.2) is 29.3 Å². The molecule has 0 amide bonds. The minimum atomic E-state index is 0.305. The van der Waals surface area contributed by atoms with Crippen molar-refractivity contribution < 1.29 is 4.74 Å². The number of nitrogens with one attached hydrogen (secondary N) is 2. The number of hydrogen-bond acceptors (Lipinski definition) is 2. The van der Waals surface area contributed by atoms with Crippen LogP contribution in [0.3, 0.4) is 0 Å². The van der Waals surface area contributed by atoms with Gasteiger partial charge in [0.15, 0.2) is 5.96 Å². The third kappa shape index (κ3) is 4.79. The Kier molecular flexibility index (Phi) is 6.20. The fourth-order valence-electron chi connectivity index (χ4n) is 1.48. The number of aliphatic imine (C=N–C) groups is 1. The molecule has 0 unspecified atom stereocenters. The largest absolute Gasteiger partial charge is 0.481 e. The topological polar surface area (TPSA) is 45.6 Å². The standard InChI is InChI=1S/C14H19N3O/c1-4-11-18-13-7-5-12(6-8-13)9-10-17-14(15-2)16-3/h1,5-8H,9-11H2,2-3H3,(H2,15,16,17). The maximum atomic E-state index is 5.31. The summed E-state index contributed by atoms with van der Waals surface area (Å²) < 4.78 is 5.31. The van der Waals surface area contributed by atoms with Gasteiger partial charge in [-0.2, -0.15) is 0 Å². The summed E-state index contributed by atoms with van der Waals surface area (Å²) in [6.45, 7) is 1.14. The summed E-state index contributed by atoms with van der Waals surface area (Å²) in [5, 5.41) is 6.17. The van der Waals surface area contributed by atoms with E-state index in [0.29, 0.717) is 6.61 Å². The van der Waals surface area contributed by atoms with Crippen molar-refractivity contribution in [3.05, 3.63) is 29.8 Å². The number of guanidine groups is 1. The van der Waals surface area contributed by atoms with E-state index >= 15 is 0 Å². The van der Waals surface area contributed by atoms with Gasteiger partial charge in [-0.3, -0.25) is 4.99 Å². The van der Waals surface area contributed by atoms with Crippen LogP contribution in [-0.4, -0.2) is 33.2 Å². The highest BCUT2D eigenvalue weighted by Crippen LogP contribution is 2.12. The van der Waals surface area contributed by atoms with E-state index in [1.807, 2.05) is 31.3 Å². The SMILES string of the molecule is C#CCOc1ccc(CCNC(=NC)NC)cc1. The van der Waals surface area contributed by atoms with E-state index in [1.165, 1.54) is 5.56 Å². The van der Waals surface area contributed by atoms with Crippen molar-refractivity contribution in [1.82, 2.24) is 10.6 Å². The molecule has 4 nitrogen and oxygen atoms in total. The number of rotatable bonds is 5. The van der Waals surface area contributed by atoms with Gasteiger partial charge in [-0.1, -0.05) is 18.1 Å². The fourth-order valence-corrected chi connectivity index (χ4v) is 1.48. The second-order valence-electron chi connectivity index (χ2n) is 3.64. The number of terminal acetylenes is 1. The van der Waals surface area contributed by atoms with Gasteiger partial charge < -0.3 is 15.4 Å². The molecule has 1 aromatic carbocycles. The Morgan fingerprint density at radius 3 is 2.67 bits per heavy atom. The molecule has 0 aromatic heterocycles. The lowest BCUT2D eigenvalue weighted by Crippen LogP contribution is -2.35. The van der Waals surface area contributed by atoms with Gasteiger partial charge in [-0.15, -0.1) is 6.42 Å². The first-order chi connectivity index (χ1) is 8.80. The Morgan fingerprint density at radius 1 is 1.39 bits per heavy atom. The predicted octanol–water partition coefficient (Wildman–Crippen LogP) is 1.04. The average Bonchev–Trinajstić information content (AvgIpc) is 2.42. The Labute approximate surface area is 108 Å². The van der Waals surface area contributed by atoms with Crippen LogP contribution < -0.4 is 15.4 Å². The van der Waals surface area contributed by atoms with Crippen LogP contribution in [0, 0.1) is 12.3 Å². The molecule has 0 aliphatic carbocycles. The second kappa shape index (κ2) is 8.02. The number of hydrogen-bond donors (Lipinski definition) is 2. The first-order valence-electron chi connectivity index (χ1n) is 5.83. The van der Waals surface area contributed by atoms with E-state index in [1.54, 1.807) is 7.05 Å². The van der Waals surface area contributed by atoms with Crippen molar-refractivity contribution in [2.75, 3.05) is 27.2 Å². The van der Waals surface area contributed by atoms with Gasteiger partial charge in [0, 0.05) is 20.6 Å². The predicted molar refractivity (Wildman–Crippen MR) is 74.9 cm³/mol. The highest BCUT2D eigenvalue weighted by atomic mass is 16.5. The summed E-state index contributed by atoms with van der Waals surface area (Å²) in [5.41, 5.74) is 1.24. The molecule has 4 heteroatoms. The monoisotopic (exact) mass is 245 g/mol. The maximum absolute atomic E-state index is 5.31. The smallest absolute Gasteiger partial charge is 0.190 e. The van der Waals surface area contributed by atoms with Crippen molar-refractivity contribution in [1.29, 1.82) is 0 Å². The van der Waals surface area contributed by atoms with Crippen LogP contribution in [-0.2, 0) is 6.42 Å². The van der Waals surface area contributed by atoms with Crippen LogP contribution >= 0.6 is 0 Å². The van der Waals surface area contributed by atoms with E-state index in [0.717, 1.165) is 24.7 Å². The number of benzene rings is 1. The molecule has 18 heavy (non-hydrogen) atoms. The lowest BCUT2D eigenvalue weighted by molar-refractivity contribution is 0.370. The summed E-state index contributed by atoms with van der Waals surface area (Å²) in [7, 11) is 3.59. The molecule has 0 fully saturated rings. The van der Waals surface area contributed by atoms with Crippen molar-refractivity contribution in [3.8, 4) is 18.1 Å². The van der Waals surface area contributed by atoms with E-state index in [9.17, 15) is 0 Å². The molecule has 0 radical (unpaired) electrons. The average molecular weight is 245 g/mol. The molecular formula is C14H19N3O. The highest BCUT2D eigenvalue weighted by molar-refractivity contribution is 5.79. The highest BCUT2D eigenvalue weighted by Gasteiger charge is 1.97. The number of nitrogens with zero attached hydrogens (tertiary/aromatic N) is 1. The van der Waals surface area contributed by atoms with Crippen LogP contribution in [0.5, 0.6) is 5.75 Å². The third-order valence-corrected chi connectivity index (χ3v) is 2.41. The van der Waals surface area contributed by atoms with Gasteiger partial charge >= 0.3 is 0 Å². The first-order valence-corrected chi connectivity index (χ1v) is 5.83.